The molecule has 206 valence electrons. The Morgan fingerprint density at radius 1 is 0.865 bits per heavy atom. The highest BCUT2D eigenvalue weighted by Gasteiger charge is 2.32. The average molecular weight is 521 g/mol. The Kier molecular flexibility index (Phi) is 13.9. The number of hydrogen-bond acceptors (Lipinski definition) is 7. The summed E-state index contributed by atoms with van der Waals surface area (Å²) in [5.41, 5.74) is 17.5. The van der Waals surface area contributed by atoms with Crippen LogP contribution in [-0.4, -0.2) is 65.4 Å². The minimum atomic E-state index is -1.20. The number of hydrogen-bond donors (Lipinski definition) is 7. The fraction of sp³-hybridized carbons (Fsp3) is 0.560. The van der Waals surface area contributed by atoms with Crippen molar-refractivity contribution < 1.29 is 29.1 Å². The van der Waals surface area contributed by atoms with Gasteiger partial charge in [-0.05, 0) is 50.1 Å². The highest BCUT2D eigenvalue weighted by atomic mass is 16.4. The van der Waals surface area contributed by atoms with E-state index >= 15 is 0 Å². The zero-order valence-corrected chi connectivity index (χ0v) is 21.4. The van der Waals surface area contributed by atoms with Crippen LogP contribution in [0.2, 0.25) is 0 Å². The molecule has 1 rings (SSSR count). The fourth-order valence-corrected chi connectivity index (χ4v) is 3.60. The Balaban J connectivity index is 2.93. The summed E-state index contributed by atoms with van der Waals surface area (Å²) in [6.45, 7) is 3.77. The second-order valence-corrected chi connectivity index (χ2v) is 9.28. The van der Waals surface area contributed by atoms with E-state index in [4.69, 9.17) is 17.2 Å². The molecule has 1 aromatic carbocycles. The maximum atomic E-state index is 13.1. The van der Waals surface area contributed by atoms with Gasteiger partial charge < -0.3 is 38.3 Å². The van der Waals surface area contributed by atoms with E-state index in [-0.39, 0.29) is 25.7 Å². The van der Waals surface area contributed by atoms with E-state index in [1.807, 2.05) is 30.3 Å². The molecule has 37 heavy (non-hydrogen) atoms. The minimum Gasteiger partial charge on any atom is -0.480 e. The summed E-state index contributed by atoms with van der Waals surface area (Å²) < 4.78 is 0. The standard InChI is InChI=1S/C25H40N6O6/c1-15(2)21(24(35)30-19(25(36)37)10-6-7-13-26)31-23(34)18(11-12-20(28)32)29-22(33)17(27)14-16-8-4-3-5-9-16/h3-5,8-9,15,17-19,21H,6-7,10-14,26-27H2,1-2H3,(H2,28,32)(H,29,33)(H,30,35)(H,31,34)(H,36,37). The molecule has 4 atom stereocenters. The van der Waals surface area contributed by atoms with E-state index in [0.717, 1.165) is 5.56 Å². The number of nitrogens with two attached hydrogens (primary N) is 3. The van der Waals surface area contributed by atoms with Gasteiger partial charge in [-0.2, -0.15) is 0 Å². The average Bonchev–Trinajstić information content (AvgIpc) is 2.84. The number of amides is 4. The van der Waals surface area contributed by atoms with Gasteiger partial charge in [-0.1, -0.05) is 44.2 Å². The molecule has 0 aromatic heterocycles. The summed E-state index contributed by atoms with van der Waals surface area (Å²) >= 11 is 0. The Bertz CT molecular complexity index is 910. The molecule has 0 aliphatic carbocycles. The van der Waals surface area contributed by atoms with Crippen LogP contribution in [0.1, 0.15) is 51.5 Å². The number of carbonyl (C=O) groups excluding carboxylic acids is 4. The SMILES string of the molecule is CC(C)C(NC(=O)C(CCC(N)=O)NC(=O)C(N)Cc1ccccc1)C(=O)NC(CCCCN)C(=O)O. The van der Waals surface area contributed by atoms with Crippen molar-refractivity contribution in [3.8, 4) is 0 Å². The number of carboxylic acid groups (broad SMARTS) is 1. The van der Waals surface area contributed by atoms with Crippen molar-refractivity contribution in [1.82, 2.24) is 16.0 Å². The molecule has 0 aliphatic heterocycles. The summed E-state index contributed by atoms with van der Waals surface area (Å²) in [7, 11) is 0. The van der Waals surface area contributed by atoms with Gasteiger partial charge in [-0.25, -0.2) is 4.79 Å². The third-order valence-electron chi connectivity index (χ3n) is 5.76. The van der Waals surface area contributed by atoms with Gasteiger partial charge in [0.05, 0.1) is 6.04 Å². The molecular weight excluding hydrogens is 480 g/mol. The topological polar surface area (TPSA) is 220 Å². The Morgan fingerprint density at radius 2 is 1.49 bits per heavy atom. The van der Waals surface area contributed by atoms with Gasteiger partial charge in [0.25, 0.3) is 0 Å². The Hall–Kier alpha value is -3.51. The highest BCUT2D eigenvalue weighted by Crippen LogP contribution is 2.08. The summed E-state index contributed by atoms with van der Waals surface area (Å²) in [6.07, 6.45) is 1.25. The van der Waals surface area contributed by atoms with Crippen molar-refractivity contribution in [2.45, 2.75) is 76.5 Å². The lowest BCUT2D eigenvalue weighted by Gasteiger charge is -2.27. The van der Waals surface area contributed by atoms with Gasteiger partial charge in [0.2, 0.25) is 23.6 Å². The van der Waals surface area contributed by atoms with E-state index in [9.17, 15) is 29.1 Å². The summed E-state index contributed by atoms with van der Waals surface area (Å²) in [6, 6.07) is 4.72. The van der Waals surface area contributed by atoms with Crippen molar-refractivity contribution >= 4 is 29.6 Å². The maximum absolute atomic E-state index is 13.1. The van der Waals surface area contributed by atoms with Crippen molar-refractivity contribution in [2.24, 2.45) is 23.1 Å². The predicted octanol–water partition coefficient (Wildman–Crippen LogP) is -0.854. The number of aliphatic carboxylic acids is 1. The van der Waals surface area contributed by atoms with Crippen LogP contribution in [0, 0.1) is 5.92 Å². The number of carbonyl (C=O) groups is 5. The molecule has 0 saturated carbocycles. The van der Waals surface area contributed by atoms with Gasteiger partial charge in [0.1, 0.15) is 18.1 Å². The first-order valence-corrected chi connectivity index (χ1v) is 12.4. The molecule has 12 nitrogen and oxygen atoms in total. The predicted molar refractivity (Wildman–Crippen MR) is 138 cm³/mol. The number of rotatable bonds is 17. The first-order valence-electron chi connectivity index (χ1n) is 12.4. The van der Waals surface area contributed by atoms with Crippen molar-refractivity contribution in [3.05, 3.63) is 35.9 Å². The number of primary amides is 1. The molecule has 0 radical (unpaired) electrons. The van der Waals surface area contributed by atoms with Crippen LogP contribution in [0.25, 0.3) is 0 Å². The van der Waals surface area contributed by atoms with Crippen LogP contribution in [0.15, 0.2) is 30.3 Å². The second-order valence-electron chi connectivity index (χ2n) is 9.28. The number of carboxylic acids is 1. The number of unbranched alkanes of at least 4 members (excludes halogenated alkanes) is 1. The number of nitrogens with one attached hydrogen (secondary N) is 3. The molecule has 1 aromatic rings. The van der Waals surface area contributed by atoms with Crippen LogP contribution in [0.4, 0.5) is 0 Å². The van der Waals surface area contributed by atoms with Gasteiger partial charge >= 0.3 is 5.97 Å². The molecule has 0 heterocycles. The summed E-state index contributed by atoms with van der Waals surface area (Å²) in [5.74, 6) is -4.27. The van der Waals surface area contributed by atoms with E-state index in [0.29, 0.717) is 19.4 Å². The molecule has 12 heteroatoms. The molecule has 0 aliphatic rings. The normalized spacial score (nSPS) is 14.2. The second kappa shape index (κ2) is 16.3. The Morgan fingerprint density at radius 3 is 2.03 bits per heavy atom. The van der Waals surface area contributed by atoms with Crippen LogP contribution in [0.5, 0.6) is 0 Å². The Labute approximate surface area is 217 Å². The molecule has 0 saturated heterocycles. The van der Waals surface area contributed by atoms with Crippen LogP contribution < -0.4 is 33.2 Å². The fourth-order valence-electron chi connectivity index (χ4n) is 3.60. The summed E-state index contributed by atoms with van der Waals surface area (Å²) in [5, 5.41) is 17.0. The molecule has 4 amide bonds. The highest BCUT2D eigenvalue weighted by molar-refractivity contribution is 5.94. The monoisotopic (exact) mass is 520 g/mol. The molecule has 0 spiro atoms. The lowest BCUT2D eigenvalue weighted by atomic mass is 10.0. The van der Waals surface area contributed by atoms with Crippen molar-refractivity contribution in [1.29, 1.82) is 0 Å². The van der Waals surface area contributed by atoms with Crippen molar-refractivity contribution in [3.63, 3.8) is 0 Å². The third kappa shape index (κ3) is 11.8. The van der Waals surface area contributed by atoms with E-state index in [1.54, 1.807) is 13.8 Å². The zero-order valence-electron chi connectivity index (χ0n) is 21.4. The lowest BCUT2D eigenvalue weighted by Crippen LogP contribution is -2.58. The van der Waals surface area contributed by atoms with Crippen LogP contribution in [0.3, 0.4) is 0 Å². The van der Waals surface area contributed by atoms with Crippen molar-refractivity contribution in [2.75, 3.05) is 6.54 Å². The molecular formula is C25H40N6O6. The van der Waals surface area contributed by atoms with E-state index < -0.39 is 59.7 Å². The van der Waals surface area contributed by atoms with Gasteiger partial charge in [-0.15, -0.1) is 0 Å². The minimum absolute atomic E-state index is 0.103. The molecule has 0 fully saturated rings. The lowest BCUT2D eigenvalue weighted by molar-refractivity contribution is -0.142. The summed E-state index contributed by atoms with van der Waals surface area (Å²) in [4.78, 5) is 61.6. The molecule has 0 bridgehead atoms. The van der Waals surface area contributed by atoms with Crippen LogP contribution in [-0.2, 0) is 30.4 Å². The van der Waals surface area contributed by atoms with E-state index in [2.05, 4.69) is 16.0 Å². The smallest absolute Gasteiger partial charge is 0.326 e. The first-order chi connectivity index (χ1) is 17.5. The van der Waals surface area contributed by atoms with Gasteiger partial charge in [0, 0.05) is 6.42 Å². The molecule has 10 N–H and O–H groups in total. The molecule has 4 unspecified atom stereocenters. The first kappa shape index (κ1) is 31.5. The third-order valence-corrected chi connectivity index (χ3v) is 5.76. The number of benzene rings is 1. The van der Waals surface area contributed by atoms with Crippen LogP contribution >= 0.6 is 0 Å². The quantitative estimate of drug-likeness (QED) is 0.128. The maximum Gasteiger partial charge on any atom is 0.326 e. The van der Waals surface area contributed by atoms with E-state index in [1.165, 1.54) is 0 Å². The van der Waals surface area contributed by atoms with Gasteiger partial charge in [-0.3, -0.25) is 19.2 Å². The zero-order chi connectivity index (χ0) is 28.0. The van der Waals surface area contributed by atoms with Gasteiger partial charge in [0.15, 0.2) is 0 Å². The largest absolute Gasteiger partial charge is 0.480 e.